The van der Waals surface area contributed by atoms with Crippen molar-refractivity contribution in [3.63, 3.8) is 0 Å². The lowest BCUT2D eigenvalue weighted by Gasteiger charge is -2.34. The molecular weight excluding hydrogens is 329 g/mol. The van der Waals surface area contributed by atoms with Crippen molar-refractivity contribution >= 4 is 5.69 Å². The van der Waals surface area contributed by atoms with Crippen molar-refractivity contribution in [1.82, 2.24) is 4.90 Å². The number of hydrogen-bond acceptors (Lipinski definition) is 3. The molecule has 25 heavy (non-hydrogen) atoms. The van der Waals surface area contributed by atoms with Gasteiger partial charge in [-0.25, -0.2) is 0 Å². The summed E-state index contributed by atoms with van der Waals surface area (Å²) < 4.78 is 41.8. The second-order valence-corrected chi connectivity index (χ2v) is 6.25. The molecule has 0 radical (unpaired) electrons. The van der Waals surface area contributed by atoms with Crippen molar-refractivity contribution < 1.29 is 17.9 Å². The molecule has 0 aliphatic carbocycles. The van der Waals surface area contributed by atoms with Crippen LogP contribution in [-0.2, 0) is 6.54 Å². The first-order valence-electron chi connectivity index (χ1n) is 8.37. The minimum absolute atomic E-state index is 0.0930. The standard InChI is InChI=1S/C19H21F3N2O/c20-19(21,22)25-18-11-5-4-10-17(18)23-16-9-6-12-24(14-16)13-15-7-2-1-3-8-15/h1-5,7-8,10-11,16,23H,6,9,12-14H2. The molecule has 2 aromatic carbocycles. The average Bonchev–Trinajstić information content (AvgIpc) is 2.57. The minimum atomic E-state index is -4.69. The molecule has 1 aliphatic rings. The Labute approximate surface area is 145 Å². The maximum Gasteiger partial charge on any atom is 0.573 e. The molecule has 1 fully saturated rings. The first kappa shape index (κ1) is 17.6. The number of nitrogens with one attached hydrogen (secondary N) is 1. The van der Waals surface area contributed by atoms with Crippen LogP contribution in [0.2, 0.25) is 0 Å². The fourth-order valence-electron chi connectivity index (χ4n) is 3.18. The topological polar surface area (TPSA) is 24.5 Å². The fraction of sp³-hybridized carbons (Fsp3) is 0.368. The summed E-state index contributed by atoms with van der Waals surface area (Å²) >= 11 is 0. The normalized spacial score (nSPS) is 18.8. The third-order valence-corrected chi connectivity index (χ3v) is 4.23. The molecule has 2 aromatic rings. The van der Waals surface area contributed by atoms with E-state index < -0.39 is 6.36 Å². The van der Waals surface area contributed by atoms with Gasteiger partial charge in [0.2, 0.25) is 0 Å². The summed E-state index contributed by atoms with van der Waals surface area (Å²) in [5.41, 5.74) is 1.62. The highest BCUT2D eigenvalue weighted by molar-refractivity contribution is 5.57. The number of anilines is 1. The first-order chi connectivity index (χ1) is 12.0. The molecule has 3 nitrogen and oxygen atoms in total. The lowest BCUT2D eigenvalue weighted by atomic mass is 10.0. The molecule has 0 aromatic heterocycles. The van der Waals surface area contributed by atoms with E-state index in [2.05, 4.69) is 27.1 Å². The van der Waals surface area contributed by atoms with E-state index in [1.807, 2.05) is 18.2 Å². The number of para-hydroxylation sites is 2. The van der Waals surface area contributed by atoms with Gasteiger partial charge in [0.05, 0.1) is 5.69 Å². The van der Waals surface area contributed by atoms with Gasteiger partial charge in [0.1, 0.15) is 0 Å². The van der Waals surface area contributed by atoms with Gasteiger partial charge >= 0.3 is 6.36 Å². The van der Waals surface area contributed by atoms with Crippen LogP contribution in [-0.4, -0.2) is 30.4 Å². The number of halogens is 3. The van der Waals surface area contributed by atoms with Gasteiger partial charge in [-0.15, -0.1) is 13.2 Å². The van der Waals surface area contributed by atoms with Gasteiger partial charge in [0, 0.05) is 19.1 Å². The Morgan fingerprint density at radius 1 is 1.04 bits per heavy atom. The van der Waals surface area contributed by atoms with Crippen LogP contribution in [0.4, 0.5) is 18.9 Å². The maximum atomic E-state index is 12.5. The molecule has 1 unspecified atom stereocenters. The second kappa shape index (κ2) is 7.78. The number of alkyl halides is 3. The number of benzene rings is 2. The van der Waals surface area contributed by atoms with Gasteiger partial charge in [-0.05, 0) is 37.1 Å². The summed E-state index contributed by atoms with van der Waals surface area (Å²) in [6.45, 7) is 2.63. The average molecular weight is 350 g/mol. The van der Waals surface area contributed by atoms with E-state index in [0.717, 1.165) is 32.5 Å². The monoisotopic (exact) mass is 350 g/mol. The fourth-order valence-corrected chi connectivity index (χ4v) is 3.18. The van der Waals surface area contributed by atoms with Crippen molar-refractivity contribution in [2.45, 2.75) is 31.8 Å². The highest BCUT2D eigenvalue weighted by Crippen LogP contribution is 2.31. The Morgan fingerprint density at radius 3 is 2.52 bits per heavy atom. The summed E-state index contributed by atoms with van der Waals surface area (Å²) in [4.78, 5) is 2.32. The molecular formula is C19H21F3N2O. The highest BCUT2D eigenvalue weighted by atomic mass is 19.4. The van der Waals surface area contributed by atoms with Crippen molar-refractivity contribution in [3.05, 3.63) is 60.2 Å². The van der Waals surface area contributed by atoms with Gasteiger partial charge in [-0.3, -0.25) is 4.90 Å². The molecule has 134 valence electrons. The molecule has 0 saturated carbocycles. The smallest absolute Gasteiger partial charge is 0.404 e. The first-order valence-corrected chi connectivity index (χ1v) is 8.37. The third-order valence-electron chi connectivity index (χ3n) is 4.23. The number of hydrogen-bond donors (Lipinski definition) is 1. The van der Waals surface area contributed by atoms with Crippen LogP contribution in [0, 0.1) is 0 Å². The molecule has 6 heteroatoms. The van der Waals surface area contributed by atoms with E-state index in [1.165, 1.54) is 17.7 Å². The quantitative estimate of drug-likeness (QED) is 0.849. The molecule has 0 spiro atoms. The summed E-state index contributed by atoms with van der Waals surface area (Å²) in [5.74, 6) is -0.185. The van der Waals surface area contributed by atoms with Crippen LogP contribution < -0.4 is 10.1 Å². The lowest BCUT2D eigenvalue weighted by Crippen LogP contribution is -2.41. The summed E-state index contributed by atoms with van der Waals surface area (Å²) in [6.07, 6.45) is -2.76. The zero-order chi connectivity index (χ0) is 17.7. The van der Waals surface area contributed by atoms with Crippen LogP contribution in [0.3, 0.4) is 0 Å². The number of ether oxygens (including phenoxy) is 1. The molecule has 0 bridgehead atoms. The number of nitrogens with zero attached hydrogens (tertiary/aromatic N) is 1. The van der Waals surface area contributed by atoms with Crippen molar-refractivity contribution in [2.75, 3.05) is 18.4 Å². The van der Waals surface area contributed by atoms with Gasteiger partial charge in [-0.1, -0.05) is 42.5 Å². The van der Waals surface area contributed by atoms with Crippen LogP contribution in [0.1, 0.15) is 18.4 Å². The Balaban J connectivity index is 1.63. The van der Waals surface area contributed by atoms with E-state index in [9.17, 15) is 13.2 Å². The van der Waals surface area contributed by atoms with Crippen LogP contribution in [0.15, 0.2) is 54.6 Å². The Morgan fingerprint density at radius 2 is 1.76 bits per heavy atom. The molecule has 1 N–H and O–H groups in total. The molecule has 1 heterocycles. The van der Waals surface area contributed by atoms with Crippen LogP contribution >= 0.6 is 0 Å². The number of piperidine rings is 1. The molecule has 1 atom stereocenters. The van der Waals surface area contributed by atoms with Gasteiger partial charge < -0.3 is 10.1 Å². The zero-order valence-corrected chi connectivity index (χ0v) is 13.8. The summed E-state index contributed by atoms with van der Waals surface area (Å²) in [7, 11) is 0. The summed E-state index contributed by atoms with van der Waals surface area (Å²) in [5, 5.41) is 3.22. The molecule has 1 saturated heterocycles. The minimum Gasteiger partial charge on any atom is -0.404 e. The number of rotatable bonds is 5. The van der Waals surface area contributed by atoms with Crippen molar-refractivity contribution in [2.24, 2.45) is 0 Å². The predicted octanol–water partition coefficient (Wildman–Crippen LogP) is 4.66. The van der Waals surface area contributed by atoms with Crippen molar-refractivity contribution in [1.29, 1.82) is 0 Å². The predicted molar refractivity (Wildman–Crippen MR) is 91.5 cm³/mol. The molecule has 1 aliphatic heterocycles. The largest absolute Gasteiger partial charge is 0.573 e. The third kappa shape index (κ3) is 5.39. The second-order valence-electron chi connectivity index (χ2n) is 6.25. The Hall–Kier alpha value is -2.21. The Bertz CT molecular complexity index is 676. The van der Waals surface area contributed by atoms with Crippen molar-refractivity contribution in [3.8, 4) is 5.75 Å². The number of likely N-dealkylation sites (tertiary alicyclic amines) is 1. The van der Waals surface area contributed by atoms with E-state index in [1.54, 1.807) is 12.1 Å². The van der Waals surface area contributed by atoms with Crippen LogP contribution in [0.25, 0.3) is 0 Å². The zero-order valence-electron chi connectivity index (χ0n) is 13.8. The lowest BCUT2D eigenvalue weighted by molar-refractivity contribution is -0.274. The Kier molecular flexibility index (Phi) is 5.48. The summed E-state index contributed by atoms with van der Waals surface area (Å²) in [6, 6.07) is 16.5. The highest BCUT2D eigenvalue weighted by Gasteiger charge is 2.32. The van der Waals surface area contributed by atoms with E-state index >= 15 is 0 Å². The maximum absolute atomic E-state index is 12.5. The van der Waals surface area contributed by atoms with E-state index in [0.29, 0.717) is 5.69 Å². The molecule has 0 amide bonds. The van der Waals surface area contributed by atoms with E-state index in [4.69, 9.17) is 0 Å². The van der Waals surface area contributed by atoms with Crippen LogP contribution in [0.5, 0.6) is 5.75 Å². The van der Waals surface area contributed by atoms with Gasteiger partial charge in [-0.2, -0.15) is 0 Å². The van der Waals surface area contributed by atoms with E-state index in [-0.39, 0.29) is 11.8 Å². The molecule has 3 rings (SSSR count). The SMILES string of the molecule is FC(F)(F)Oc1ccccc1NC1CCCN(Cc2ccccc2)C1. The van der Waals surface area contributed by atoms with Gasteiger partial charge in [0.25, 0.3) is 0 Å². The van der Waals surface area contributed by atoms with Gasteiger partial charge in [0.15, 0.2) is 5.75 Å².